The number of hydrogen-bond donors (Lipinski definition) is 1. The van der Waals surface area contributed by atoms with E-state index in [4.69, 9.17) is 5.73 Å². The number of thiophene rings is 1. The second-order valence-corrected chi connectivity index (χ2v) is 5.63. The monoisotopic (exact) mass is 257 g/mol. The average molecular weight is 257 g/mol. The molecule has 3 aromatic rings. The summed E-state index contributed by atoms with van der Waals surface area (Å²) in [5, 5.41) is 5.45. The van der Waals surface area contributed by atoms with Crippen LogP contribution in [0, 0.1) is 0 Å². The Bertz CT molecular complexity index is 635. The molecule has 3 nitrogen and oxygen atoms in total. The highest BCUT2D eigenvalue weighted by Gasteiger charge is 2.11. The van der Waals surface area contributed by atoms with Crippen LogP contribution in [0.3, 0.4) is 0 Å². The molecule has 0 aliphatic heterocycles. The van der Waals surface area contributed by atoms with Gasteiger partial charge in [-0.2, -0.15) is 5.10 Å². The van der Waals surface area contributed by atoms with Gasteiger partial charge in [0.05, 0.1) is 6.20 Å². The van der Waals surface area contributed by atoms with Gasteiger partial charge in [0.2, 0.25) is 0 Å². The van der Waals surface area contributed by atoms with E-state index in [9.17, 15) is 0 Å². The van der Waals surface area contributed by atoms with Crippen molar-refractivity contribution in [3.8, 4) is 0 Å². The molecular formula is C14H15N3S. The number of fused-ring (bicyclic) bond motifs is 1. The molecule has 18 heavy (non-hydrogen) atoms. The summed E-state index contributed by atoms with van der Waals surface area (Å²) in [6.45, 7) is 0. The second-order valence-electron chi connectivity index (χ2n) is 4.52. The van der Waals surface area contributed by atoms with Crippen molar-refractivity contribution >= 4 is 21.4 Å². The van der Waals surface area contributed by atoms with Crippen LogP contribution in [0.4, 0.5) is 0 Å². The van der Waals surface area contributed by atoms with Gasteiger partial charge < -0.3 is 5.73 Å². The maximum absolute atomic E-state index is 6.27. The van der Waals surface area contributed by atoms with Crippen LogP contribution in [0.15, 0.2) is 42.7 Å². The van der Waals surface area contributed by atoms with Crippen molar-refractivity contribution in [1.29, 1.82) is 0 Å². The smallest absolute Gasteiger partial charge is 0.0522 e. The van der Waals surface area contributed by atoms with Gasteiger partial charge in [-0.05, 0) is 29.5 Å². The molecule has 2 heterocycles. The van der Waals surface area contributed by atoms with Gasteiger partial charge in [-0.1, -0.05) is 18.2 Å². The van der Waals surface area contributed by atoms with E-state index in [0.717, 1.165) is 6.42 Å². The molecule has 2 N–H and O–H groups in total. The first-order chi connectivity index (χ1) is 8.72. The normalized spacial score (nSPS) is 13.0. The zero-order valence-corrected chi connectivity index (χ0v) is 11.0. The van der Waals surface area contributed by atoms with Gasteiger partial charge in [0.1, 0.15) is 0 Å². The third kappa shape index (κ3) is 2.17. The Morgan fingerprint density at radius 3 is 2.94 bits per heavy atom. The molecule has 1 aromatic carbocycles. The topological polar surface area (TPSA) is 43.8 Å². The van der Waals surface area contributed by atoms with Gasteiger partial charge in [0.15, 0.2) is 0 Å². The molecule has 0 bridgehead atoms. The molecule has 0 aliphatic carbocycles. The predicted molar refractivity (Wildman–Crippen MR) is 75.7 cm³/mol. The SMILES string of the molecule is Cn1cc(CC(N)c2cc3ccccc3s2)cn1. The Hall–Kier alpha value is -1.65. The van der Waals surface area contributed by atoms with Crippen LogP contribution in [0.2, 0.25) is 0 Å². The minimum Gasteiger partial charge on any atom is -0.323 e. The van der Waals surface area contributed by atoms with E-state index in [0.29, 0.717) is 0 Å². The number of rotatable bonds is 3. The quantitative estimate of drug-likeness (QED) is 0.784. The van der Waals surface area contributed by atoms with Crippen LogP contribution in [0.1, 0.15) is 16.5 Å². The van der Waals surface area contributed by atoms with Gasteiger partial charge in [-0.15, -0.1) is 11.3 Å². The van der Waals surface area contributed by atoms with Crippen molar-refractivity contribution in [2.45, 2.75) is 12.5 Å². The van der Waals surface area contributed by atoms with Crippen LogP contribution in [0.25, 0.3) is 10.1 Å². The molecule has 4 heteroatoms. The van der Waals surface area contributed by atoms with Crippen molar-refractivity contribution in [3.05, 3.63) is 53.2 Å². The molecule has 92 valence electrons. The molecule has 0 saturated heterocycles. The van der Waals surface area contributed by atoms with Crippen LogP contribution in [-0.4, -0.2) is 9.78 Å². The molecule has 0 saturated carbocycles. The molecule has 2 aromatic heterocycles. The molecule has 0 amide bonds. The highest BCUT2D eigenvalue weighted by atomic mass is 32.1. The van der Waals surface area contributed by atoms with E-state index in [1.807, 2.05) is 24.1 Å². The summed E-state index contributed by atoms with van der Waals surface area (Å²) in [5.74, 6) is 0. The molecule has 0 aliphatic rings. The van der Waals surface area contributed by atoms with E-state index in [1.54, 1.807) is 11.3 Å². The molecule has 1 unspecified atom stereocenters. The van der Waals surface area contributed by atoms with Gasteiger partial charge >= 0.3 is 0 Å². The third-order valence-corrected chi connectivity index (χ3v) is 4.27. The number of aromatic nitrogens is 2. The largest absolute Gasteiger partial charge is 0.323 e. The lowest BCUT2D eigenvalue weighted by atomic mass is 10.1. The molecule has 3 rings (SSSR count). The van der Waals surface area contributed by atoms with E-state index in [2.05, 4.69) is 35.4 Å². The van der Waals surface area contributed by atoms with E-state index in [-0.39, 0.29) is 6.04 Å². The zero-order chi connectivity index (χ0) is 12.5. The summed E-state index contributed by atoms with van der Waals surface area (Å²) in [6.07, 6.45) is 4.74. The van der Waals surface area contributed by atoms with E-state index < -0.39 is 0 Å². The average Bonchev–Trinajstić information content (AvgIpc) is 2.95. The fourth-order valence-corrected chi connectivity index (χ4v) is 3.18. The van der Waals surface area contributed by atoms with Crippen molar-refractivity contribution in [1.82, 2.24) is 9.78 Å². The zero-order valence-electron chi connectivity index (χ0n) is 10.2. The predicted octanol–water partition coefficient (Wildman–Crippen LogP) is 2.88. The van der Waals surface area contributed by atoms with Crippen molar-refractivity contribution in [3.63, 3.8) is 0 Å². The highest BCUT2D eigenvalue weighted by Crippen LogP contribution is 2.30. The minimum atomic E-state index is 0.0478. The minimum absolute atomic E-state index is 0.0478. The van der Waals surface area contributed by atoms with Gasteiger partial charge in [-0.25, -0.2) is 0 Å². The molecular weight excluding hydrogens is 242 g/mol. The lowest BCUT2D eigenvalue weighted by molar-refractivity contribution is 0.733. The van der Waals surface area contributed by atoms with Crippen molar-refractivity contribution < 1.29 is 0 Å². The van der Waals surface area contributed by atoms with Crippen LogP contribution in [0.5, 0.6) is 0 Å². The summed E-state index contributed by atoms with van der Waals surface area (Å²) in [5.41, 5.74) is 7.46. The summed E-state index contributed by atoms with van der Waals surface area (Å²) in [6, 6.07) is 10.6. The third-order valence-electron chi connectivity index (χ3n) is 3.02. The van der Waals surface area contributed by atoms with Crippen molar-refractivity contribution in [2.24, 2.45) is 12.8 Å². The first kappa shape index (κ1) is 11.4. The molecule has 0 spiro atoms. The first-order valence-corrected chi connectivity index (χ1v) is 6.75. The second kappa shape index (κ2) is 4.55. The Morgan fingerprint density at radius 1 is 1.39 bits per heavy atom. The summed E-state index contributed by atoms with van der Waals surface area (Å²) >= 11 is 1.78. The van der Waals surface area contributed by atoms with Gasteiger partial charge in [0.25, 0.3) is 0 Å². The Morgan fingerprint density at radius 2 is 2.22 bits per heavy atom. The standard InChI is InChI=1S/C14H15N3S/c1-17-9-10(8-16-17)6-12(15)14-7-11-4-2-3-5-13(11)18-14/h2-5,7-9,12H,6,15H2,1H3. The number of aryl methyl sites for hydroxylation is 1. The van der Waals surface area contributed by atoms with E-state index in [1.165, 1.54) is 20.5 Å². The van der Waals surface area contributed by atoms with Crippen LogP contribution < -0.4 is 5.73 Å². The maximum Gasteiger partial charge on any atom is 0.0522 e. The van der Waals surface area contributed by atoms with Crippen LogP contribution in [-0.2, 0) is 13.5 Å². The number of benzene rings is 1. The number of hydrogen-bond acceptors (Lipinski definition) is 3. The summed E-state index contributed by atoms with van der Waals surface area (Å²) < 4.78 is 3.11. The maximum atomic E-state index is 6.27. The van der Waals surface area contributed by atoms with E-state index >= 15 is 0 Å². The van der Waals surface area contributed by atoms with Crippen LogP contribution >= 0.6 is 11.3 Å². The first-order valence-electron chi connectivity index (χ1n) is 5.94. The summed E-state index contributed by atoms with van der Waals surface area (Å²) in [7, 11) is 1.93. The lowest BCUT2D eigenvalue weighted by Crippen LogP contribution is -2.11. The summed E-state index contributed by atoms with van der Waals surface area (Å²) in [4.78, 5) is 1.24. The Kier molecular flexibility index (Phi) is 2.89. The van der Waals surface area contributed by atoms with Gasteiger partial charge in [0, 0.05) is 28.9 Å². The molecule has 0 fully saturated rings. The number of nitrogens with zero attached hydrogens (tertiary/aromatic N) is 2. The highest BCUT2D eigenvalue weighted by molar-refractivity contribution is 7.19. The Balaban J connectivity index is 1.85. The fraction of sp³-hybridized carbons (Fsp3) is 0.214. The number of nitrogens with two attached hydrogens (primary N) is 1. The van der Waals surface area contributed by atoms with Gasteiger partial charge in [-0.3, -0.25) is 4.68 Å². The lowest BCUT2D eigenvalue weighted by Gasteiger charge is -2.06. The fourth-order valence-electron chi connectivity index (χ4n) is 2.12. The van der Waals surface area contributed by atoms with Crippen molar-refractivity contribution in [2.75, 3.05) is 0 Å². The Labute approximate surface area is 110 Å². The molecule has 0 radical (unpaired) electrons. The molecule has 1 atom stereocenters.